The molecule has 1 amide bonds. The lowest BCUT2D eigenvalue weighted by atomic mass is 10.0. The van der Waals surface area contributed by atoms with Gasteiger partial charge in [0.05, 0.1) is 12.6 Å². The van der Waals surface area contributed by atoms with E-state index in [0.717, 1.165) is 19.4 Å². The van der Waals surface area contributed by atoms with E-state index in [-0.39, 0.29) is 17.9 Å². The number of hydrogen-bond donors (Lipinski definition) is 3. The highest BCUT2D eigenvalue weighted by Crippen LogP contribution is 2.12. The number of esters is 1. The third kappa shape index (κ3) is 6.44. The first kappa shape index (κ1) is 17.9. The van der Waals surface area contributed by atoms with Crippen LogP contribution in [0.5, 0.6) is 0 Å². The second-order valence-electron chi connectivity index (χ2n) is 6.08. The molecule has 6 heteroatoms. The third-order valence-corrected chi connectivity index (χ3v) is 3.63. The van der Waals surface area contributed by atoms with Gasteiger partial charge in [-0.05, 0) is 45.1 Å². The van der Waals surface area contributed by atoms with Gasteiger partial charge in [0.15, 0.2) is 0 Å². The Kier molecular flexibility index (Phi) is 7.67. The van der Waals surface area contributed by atoms with E-state index in [4.69, 9.17) is 10.5 Å². The van der Waals surface area contributed by atoms with Gasteiger partial charge in [0, 0.05) is 6.04 Å². The van der Waals surface area contributed by atoms with Crippen LogP contribution in [0.4, 0.5) is 0 Å². The molecule has 0 spiro atoms. The van der Waals surface area contributed by atoms with Crippen LogP contribution >= 0.6 is 0 Å². The van der Waals surface area contributed by atoms with Crippen molar-refractivity contribution in [1.29, 1.82) is 0 Å². The van der Waals surface area contributed by atoms with Crippen molar-refractivity contribution < 1.29 is 14.3 Å². The zero-order chi connectivity index (χ0) is 15.8. The average Bonchev–Trinajstić information content (AvgIpc) is 2.90. The lowest BCUT2D eigenvalue weighted by Gasteiger charge is -2.23. The number of carbonyl (C=O) groups excluding carboxylic acids is 2. The number of amides is 1. The Labute approximate surface area is 127 Å². The Hall–Kier alpha value is -1.14. The third-order valence-electron chi connectivity index (χ3n) is 3.63. The van der Waals surface area contributed by atoms with Crippen molar-refractivity contribution in [1.82, 2.24) is 10.6 Å². The van der Waals surface area contributed by atoms with E-state index in [0.29, 0.717) is 25.4 Å². The molecule has 0 radical (unpaired) electrons. The molecule has 6 nitrogen and oxygen atoms in total. The summed E-state index contributed by atoms with van der Waals surface area (Å²) in [5.41, 5.74) is 5.87. The second kappa shape index (κ2) is 9.00. The van der Waals surface area contributed by atoms with Crippen molar-refractivity contribution in [2.24, 2.45) is 11.7 Å². The standard InChI is InChI=1S/C15H29N3O3/c1-4-21-15(20)13(9-11-6-5-7-17-11)18-14(19)12(16)8-10(2)3/h10-13,17H,4-9,16H2,1-3H3,(H,18,19)/t11?,12-,13-/m0/s1. The molecule has 1 aliphatic rings. The predicted molar refractivity (Wildman–Crippen MR) is 81.6 cm³/mol. The second-order valence-corrected chi connectivity index (χ2v) is 6.08. The summed E-state index contributed by atoms with van der Waals surface area (Å²) in [6.45, 7) is 7.05. The molecule has 0 aliphatic carbocycles. The molecule has 1 unspecified atom stereocenters. The van der Waals surface area contributed by atoms with Crippen molar-refractivity contribution in [2.45, 2.75) is 64.6 Å². The van der Waals surface area contributed by atoms with Gasteiger partial charge in [0.1, 0.15) is 6.04 Å². The smallest absolute Gasteiger partial charge is 0.328 e. The van der Waals surface area contributed by atoms with Gasteiger partial charge < -0.3 is 21.1 Å². The summed E-state index contributed by atoms with van der Waals surface area (Å²) >= 11 is 0. The van der Waals surface area contributed by atoms with Crippen LogP contribution < -0.4 is 16.4 Å². The van der Waals surface area contributed by atoms with E-state index in [1.807, 2.05) is 13.8 Å². The van der Waals surface area contributed by atoms with Crippen LogP contribution in [0, 0.1) is 5.92 Å². The van der Waals surface area contributed by atoms with Gasteiger partial charge in [-0.2, -0.15) is 0 Å². The molecule has 1 fully saturated rings. The average molecular weight is 299 g/mol. The van der Waals surface area contributed by atoms with Gasteiger partial charge in [-0.15, -0.1) is 0 Å². The first-order valence-electron chi connectivity index (χ1n) is 7.90. The highest BCUT2D eigenvalue weighted by molar-refractivity contribution is 5.87. The van der Waals surface area contributed by atoms with Crippen molar-refractivity contribution in [3.8, 4) is 0 Å². The summed E-state index contributed by atoms with van der Waals surface area (Å²) in [5.74, 6) is -0.320. The van der Waals surface area contributed by atoms with Gasteiger partial charge in [-0.1, -0.05) is 13.8 Å². The molecule has 4 N–H and O–H groups in total. The molecule has 0 saturated carbocycles. The highest BCUT2D eigenvalue weighted by Gasteiger charge is 2.29. The van der Waals surface area contributed by atoms with Crippen molar-refractivity contribution in [3.63, 3.8) is 0 Å². The molecule has 0 bridgehead atoms. The summed E-state index contributed by atoms with van der Waals surface area (Å²) in [6.07, 6.45) is 3.27. The van der Waals surface area contributed by atoms with Crippen LogP contribution in [0.25, 0.3) is 0 Å². The van der Waals surface area contributed by atoms with E-state index in [9.17, 15) is 9.59 Å². The summed E-state index contributed by atoms with van der Waals surface area (Å²) in [7, 11) is 0. The monoisotopic (exact) mass is 299 g/mol. The maximum Gasteiger partial charge on any atom is 0.328 e. The van der Waals surface area contributed by atoms with E-state index in [2.05, 4.69) is 10.6 Å². The minimum Gasteiger partial charge on any atom is -0.464 e. The van der Waals surface area contributed by atoms with Crippen LogP contribution in [0.3, 0.4) is 0 Å². The predicted octanol–water partition coefficient (Wildman–Crippen LogP) is 0.550. The van der Waals surface area contributed by atoms with Crippen LogP contribution in [-0.2, 0) is 14.3 Å². The van der Waals surface area contributed by atoms with Crippen LogP contribution in [0.1, 0.15) is 46.5 Å². The number of nitrogens with two attached hydrogens (primary N) is 1. The molecular formula is C15H29N3O3. The van der Waals surface area contributed by atoms with Crippen LogP contribution in [-0.4, -0.2) is 43.2 Å². The number of rotatable bonds is 8. The van der Waals surface area contributed by atoms with E-state index in [1.54, 1.807) is 6.92 Å². The molecule has 0 aromatic heterocycles. The molecule has 0 aromatic rings. The maximum atomic E-state index is 12.1. The first-order valence-corrected chi connectivity index (χ1v) is 7.90. The Bertz CT molecular complexity index is 341. The van der Waals surface area contributed by atoms with E-state index < -0.39 is 12.1 Å². The Morgan fingerprint density at radius 3 is 2.67 bits per heavy atom. The van der Waals surface area contributed by atoms with Crippen molar-refractivity contribution in [3.05, 3.63) is 0 Å². The Balaban J connectivity index is 2.58. The van der Waals surface area contributed by atoms with Gasteiger partial charge in [0.2, 0.25) is 5.91 Å². The summed E-state index contributed by atoms with van der Waals surface area (Å²) in [4.78, 5) is 24.1. The Morgan fingerprint density at radius 2 is 2.14 bits per heavy atom. The molecular weight excluding hydrogens is 270 g/mol. The largest absolute Gasteiger partial charge is 0.464 e. The molecule has 0 aromatic carbocycles. The number of ether oxygens (including phenoxy) is 1. The normalized spacial score (nSPS) is 21.1. The fourth-order valence-electron chi connectivity index (χ4n) is 2.59. The minimum absolute atomic E-state index is 0.251. The molecule has 122 valence electrons. The van der Waals surface area contributed by atoms with Crippen LogP contribution in [0.15, 0.2) is 0 Å². The van der Waals surface area contributed by atoms with Gasteiger partial charge in [-0.3, -0.25) is 4.79 Å². The van der Waals surface area contributed by atoms with Gasteiger partial charge >= 0.3 is 5.97 Å². The molecule has 3 atom stereocenters. The maximum absolute atomic E-state index is 12.1. The number of hydrogen-bond acceptors (Lipinski definition) is 5. The van der Waals surface area contributed by atoms with E-state index in [1.165, 1.54) is 0 Å². The molecule has 1 heterocycles. The zero-order valence-electron chi connectivity index (χ0n) is 13.4. The van der Waals surface area contributed by atoms with Crippen molar-refractivity contribution >= 4 is 11.9 Å². The van der Waals surface area contributed by atoms with Crippen LogP contribution in [0.2, 0.25) is 0 Å². The quantitative estimate of drug-likeness (QED) is 0.569. The molecule has 1 rings (SSSR count). The Morgan fingerprint density at radius 1 is 1.43 bits per heavy atom. The molecule has 1 aliphatic heterocycles. The summed E-state index contributed by atoms with van der Waals surface area (Å²) in [6, 6.07) is -0.953. The van der Waals surface area contributed by atoms with Crippen molar-refractivity contribution in [2.75, 3.05) is 13.2 Å². The summed E-state index contributed by atoms with van der Waals surface area (Å²) in [5, 5.41) is 6.08. The lowest BCUT2D eigenvalue weighted by Crippen LogP contribution is -2.51. The fraction of sp³-hybridized carbons (Fsp3) is 0.867. The number of carbonyl (C=O) groups is 2. The van der Waals surface area contributed by atoms with E-state index >= 15 is 0 Å². The minimum atomic E-state index is -0.619. The fourth-order valence-corrected chi connectivity index (χ4v) is 2.59. The topological polar surface area (TPSA) is 93.5 Å². The molecule has 1 saturated heterocycles. The lowest BCUT2D eigenvalue weighted by molar-refractivity contribution is -0.148. The highest BCUT2D eigenvalue weighted by atomic mass is 16.5. The molecule has 21 heavy (non-hydrogen) atoms. The summed E-state index contributed by atoms with van der Waals surface area (Å²) < 4.78 is 5.05. The van der Waals surface area contributed by atoms with Gasteiger partial charge in [-0.25, -0.2) is 4.79 Å². The van der Waals surface area contributed by atoms with Gasteiger partial charge in [0.25, 0.3) is 0 Å². The zero-order valence-corrected chi connectivity index (χ0v) is 13.4. The number of nitrogens with one attached hydrogen (secondary N) is 2. The SMILES string of the molecule is CCOC(=O)[C@H](CC1CCCN1)NC(=O)[C@@H](N)CC(C)C. The first-order chi connectivity index (χ1) is 9.93.